The molecule has 8 nitrogen and oxygen atoms in total. The zero-order chi connectivity index (χ0) is 19.2. The number of anilines is 1. The Morgan fingerprint density at radius 1 is 1.22 bits per heavy atom. The summed E-state index contributed by atoms with van der Waals surface area (Å²) in [7, 11) is 0. The number of primary amides is 1. The van der Waals surface area contributed by atoms with E-state index in [9.17, 15) is 14.4 Å². The molecule has 27 heavy (non-hydrogen) atoms. The van der Waals surface area contributed by atoms with Crippen LogP contribution < -0.4 is 11.1 Å². The minimum atomic E-state index is -0.504. The Labute approximate surface area is 157 Å². The lowest BCUT2D eigenvalue weighted by atomic mass is 9.96. The minimum absolute atomic E-state index is 0.0352. The van der Waals surface area contributed by atoms with Gasteiger partial charge >= 0.3 is 0 Å². The van der Waals surface area contributed by atoms with Crippen molar-refractivity contribution in [2.24, 2.45) is 11.7 Å². The predicted octanol–water partition coefficient (Wildman–Crippen LogP) is 0.788. The van der Waals surface area contributed by atoms with Crippen LogP contribution in [0, 0.1) is 5.92 Å². The summed E-state index contributed by atoms with van der Waals surface area (Å²) in [5.41, 5.74) is 6.60. The van der Waals surface area contributed by atoms with E-state index in [1.807, 2.05) is 30.3 Å². The fraction of sp³-hybridized carbons (Fsp3) is 0.368. The Bertz CT molecular complexity index is 818. The molecule has 1 aliphatic heterocycles. The van der Waals surface area contributed by atoms with Crippen molar-refractivity contribution in [3.05, 3.63) is 48.3 Å². The fourth-order valence-electron chi connectivity index (χ4n) is 3.22. The Balaban J connectivity index is 1.55. The summed E-state index contributed by atoms with van der Waals surface area (Å²) < 4.78 is 1.37. The molecule has 3 rings (SSSR count). The Morgan fingerprint density at radius 2 is 2.00 bits per heavy atom. The summed E-state index contributed by atoms with van der Waals surface area (Å²) in [5.74, 6) is -0.882. The van der Waals surface area contributed by atoms with Gasteiger partial charge in [-0.15, -0.1) is 0 Å². The summed E-state index contributed by atoms with van der Waals surface area (Å²) in [6.07, 6.45) is 4.90. The van der Waals surface area contributed by atoms with Gasteiger partial charge in [-0.1, -0.05) is 30.3 Å². The van der Waals surface area contributed by atoms with E-state index < -0.39 is 5.91 Å². The van der Waals surface area contributed by atoms with Gasteiger partial charge in [-0.3, -0.25) is 19.1 Å². The maximum atomic E-state index is 12.5. The number of amides is 3. The van der Waals surface area contributed by atoms with Crippen molar-refractivity contribution in [1.29, 1.82) is 0 Å². The molecule has 0 bridgehead atoms. The molecule has 0 aliphatic carbocycles. The highest BCUT2D eigenvalue weighted by atomic mass is 16.2. The van der Waals surface area contributed by atoms with Crippen LogP contribution in [0.15, 0.2) is 42.7 Å². The molecule has 1 unspecified atom stereocenters. The number of rotatable bonds is 6. The van der Waals surface area contributed by atoms with Gasteiger partial charge in [0.2, 0.25) is 17.7 Å². The average molecular weight is 369 g/mol. The van der Waals surface area contributed by atoms with Gasteiger partial charge in [-0.2, -0.15) is 5.10 Å². The lowest BCUT2D eigenvalue weighted by Crippen LogP contribution is -2.44. The minimum Gasteiger partial charge on any atom is -0.368 e. The van der Waals surface area contributed by atoms with Crippen LogP contribution >= 0.6 is 0 Å². The zero-order valence-corrected chi connectivity index (χ0v) is 15.0. The quantitative estimate of drug-likeness (QED) is 0.784. The molecule has 2 heterocycles. The first-order chi connectivity index (χ1) is 13.0. The van der Waals surface area contributed by atoms with Crippen LogP contribution in [0.3, 0.4) is 0 Å². The maximum Gasteiger partial charge on any atom is 0.239 e. The van der Waals surface area contributed by atoms with Crippen LogP contribution in [0.1, 0.15) is 18.4 Å². The number of benzene rings is 1. The van der Waals surface area contributed by atoms with E-state index in [0.717, 1.165) is 18.4 Å². The second-order valence-electron chi connectivity index (χ2n) is 6.72. The van der Waals surface area contributed by atoms with E-state index in [4.69, 9.17) is 5.73 Å². The van der Waals surface area contributed by atoms with Crippen molar-refractivity contribution < 1.29 is 14.4 Å². The summed E-state index contributed by atoms with van der Waals surface area (Å²) in [5, 5.41) is 6.78. The molecule has 1 fully saturated rings. The van der Waals surface area contributed by atoms with Crippen LogP contribution in [0.25, 0.3) is 0 Å². The number of nitrogens with two attached hydrogens (primary N) is 1. The van der Waals surface area contributed by atoms with E-state index in [0.29, 0.717) is 25.2 Å². The van der Waals surface area contributed by atoms with Crippen LogP contribution in [0.2, 0.25) is 0 Å². The second kappa shape index (κ2) is 8.48. The summed E-state index contributed by atoms with van der Waals surface area (Å²) in [6.45, 7) is 1.04. The molecular formula is C19H23N5O3. The molecule has 3 amide bonds. The topological polar surface area (TPSA) is 110 Å². The van der Waals surface area contributed by atoms with Crippen LogP contribution in [-0.2, 0) is 27.3 Å². The van der Waals surface area contributed by atoms with Gasteiger partial charge in [-0.05, 0) is 18.4 Å². The van der Waals surface area contributed by atoms with Gasteiger partial charge in [0.05, 0.1) is 24.2 Å². The van der Waals surface area contributed by atoms with E-state index in [2.05, 4.69) is 10.4 Å². The number of piperidine rings is 1. The number of aromatic nitrogens is 2. The lowest BCUT2D eigenvalue weighted by Gasteiger charge is -2.32. The second-order valence-corrected chi connectivity index (χ2v) is 6.72. The first-order valence-corrected chi connectivity index (χ1v) is 8.94. The normalized spacial score (nSPS) is 16.7. The van der Waals surface area contributed by atoms with Gasteiger partial charge in [0, 0.05) is 19.3 Å². The molecule has 1 aliphatic rings. The highest BCUT2D eigenvalue weighted by Gasteiger charge is 2.28. The van der Waals surface area contributed by atoms with Crippen molar-refractivity contribution in [2.45, 2.75) is 25.8 Å². The molecule has 1 aromatic heterocycles. The summed E-state index contributed by atoms with van der Waals surface area (Å²) >= 11 is 0. The van der Waals surface area contributed by atoms with E-state index in [-0.39, 0.29) is 24.3 Å². The van der Waals surface area contributed by atoms with Crippen molar-refractivity contribution in [1.82, 2.24) is 14.7 Å². The smallest absolute Gasteiger partial charge is 0.239 e. The summed E-state index contributed by atoms with van der Waals surface area (Å²) in [6, 6.07) is 9.59. The van der Waals surface area contributed by atoms with Gasteiger partial charge in [0.25, 0.3) is 0 Å². The van der Waals surface area contributed by atoms with Crippen molar-refractivity contribution in [3.8, 4) is 0 Å². The average Bonchev–Trinajstić information content (AvgIpc) is 3.08. The predicted molar refractivity (Wildman–Crippen MR) is 99.5 cm³/mol. The van der Waals surface area contributed by atoms with E-state index in [1.165, 1.54) is 10.9 Å². The molecule has 3 N–H and O–H groups in total. The SMILES string of the molecule is NC(=O)Cn1cc(NC(=O)C2CCCN(C(=O)Cc3ccccc3)C2)cn1. The molecule has 0 saturated carbocycles. The molecular weight excluding hydrogens is 346 g/mol. The molecule has 1 atom stereocenters. The molecule has 8 heteroatoms. The molecule has 1 aromatic carbocycles. The Morgan fingerprint density at radius 3 is 2.74 bits per heavy atom. The summed E-state index contributed by atoms with van der Waals surface area (Å²) in [4.78, 5) is 37.8. The number of nitrogens with one attached hydrogen (secondary N) is 1. The molecule has 0 spiro atoms. The van der Waals surface area contributed by atoms with E-state index in [1.54, 1.807) is 11.1 Å². The van der Waals surface area contributed by atoms with Gasteiger partial charge in [0.1, 0.15) is 6.54 Å². The standard InChI is InChI=1S/C19H23N5O3/c20-17(25)13-24-12-16(10-21-24)22-19(27)15-7-4-8-23(11-15)18(26)9-14-5-2-1-3-6-14/h1-3,5-6,10,12,15H,4,7-9,11,13H2,(H2,20,25)(H,22,27). The fourth-order valence-corrected chi connectivity index (χ4v) is 3.22. The number of carbonyl (C=O) groups is 3. The maximum absolute atomic E-state index is 12.5. The number of likely N-dealkylation sites (tertiary alicyclic amines) is 1. The highest BCUT2D eigenvalue weighted by Crippen LogP contribution is 2.19. The Kier molecular flexibility index (Phi) is 5.85. The van der Waals surface area contributed by atoms with Crippen LogP contribution in [0.4, 0.5) is 5.69 Å². The van der Waals surface area contributed by atoms with Gasteiger partial charge in [0.15, 0.2) is 0 Å². The molecule has 2 aromatic rings. The van der Waals surface area contributed by atoms with Crippen molar-refractivity contribution in [3.63, 3.8) is 0 Å². The van der Waals surface area contributed by atoms with E-state index >= 15 is 0 Å². The van der Waals surface area contributed by atoms with Gasteiger partial charge < -0.3 is 16.0 Å². The van der Waals surface area contributed by atoms with Gasteiger partial charge in [-0.25, -0.2) is 0 Å². The number of hydrogen-bond donors (Lipinski definition) is 2. The largest absolute Gasteiger partial charge is 0.368 e. The third-order valence-corrected chi connectivity index (χ3v) is 4.56. The van der Waals surface area contributed by atoms with Crippen molar-refractivity contribution >= 4 is 23.4 Å². The van der Waals surface area contributed by atoms with Crippen LogP contribution in [0.5, 0.6) is 0 Å². The number of nitrogens with zero attached hydrogens (tertiary/aromatic N) is 3. The Hall–Kier alpha value is -3.16. The third kappa shape index (κ3) is 5.16. The molecule has 142 valence electrons. The first-order valence-electron chi connectivity index (χ1n) is 8.94. The molecule has 0 radical (unpaired) electrons. The lowest BCUT2D eigenvalue weighted by molar-refractivity contribution is -0.134. The highest BCUT2D eigenvalue weighted by molar-refractivity contribution is 5.93. The van der Waals surface area contributed by atoms with Crippen molar-refractivity contribution in [2.75, 3.05) is 18.4 Å². The third-order valence-electron chi connectivity index (χ3n) is 4.56. The van der Waals surface area contributed by atoms with Crippen LogP contribution in [-0.4, -0.2) is 45.5 Å². The number of carbonyl (C=O) groups excluding carboxylic acids is 3. The zero-order valence-electron chi connectivity index (χ0n) is 15.0. The number of hydrogen-bond acceptors (Lipinski definition) is 4. The molecule has 1 saturated heterocycles. The monoisotopic (exact) mass is 369 g/mol. The first kappa shape index (κ1) is 18.6.